The van der Waals surface area contributed by atoms with Gasteiger partial charge in [-0.05, 0) is 34.1 Å². The number of nitrogens with zero attached hydrogens (tertiary/aromatic N) is 1. The number of halogens is 1. The van der Waals surface area contributed by atoms with E-state index in [1.165, 1.54) is 0 Å². The molecule has 0 saturated heterocycles. The van der Waals surface area contributed by atoms with Crippen molar-refractivity contribution in [3.8, 4) is 0 Å². The minimum atomic E-state index is -1.59. The van der Waals surface area contributed by atoms with Crippen molar-refractivity contribution in [1.82, 2.24) is 4.98 Å². The maximum Gasteiger partial charge on any atom is 0.191 e. The van der Waals surface area contributed by atoms with E-state index in [0.29, 0.717) is 0 Å². The van der Waals surface area contributed by atoms with E-state index in [1.54, 1.807) is 11.3 Å². The van der Waals surface area contributed by atoms with E-state index < -0.39 is 8.32 Å². The first-order valence-corrected chi connectivity index (χ1v) is 10.0. The van der Waals surface area contributed by atoms with Gasteiger partial charge in [0.2, 0.25) is 0 Å². The van der Waals surface area contributed by atoms with Gasteiger partial charge in [-0.1, -0.05) is 20.8 Å². The fraction of sp³-hybridized carbons (Fsp3) is 0.727. The third-order valence-electron chi connectivity index (χ3n) is 3.11. The summed E-state index contributed by atoms with van der Waals surface area (Å²) in [4.78, 5) is 4.36. The van der Waals surface area contributed by atoms with Crippen LogP contribution in [-0.4, -0.2) is 19.9 Å². The molecular formula is C11H20BrNOSSi. The lowest BCUT2D eigenvalue weighted by molar-refractivity contribution is 0.292. The third kappa shape index (κ3) is 3.94. The molecule has 0 N–H and O–H groups in total. The lowest BCUT2D eigenvalue weighted by Crippen LogP contribution is -2.41. The van der Waals surface area contributed by atoms with Crippen LogP contribution in [0.25, 0.3) is 0 Å². The van der Waals surface area contributed by atoms with E-state index in [-0.39, 0.29) is 5.04 Å². The molecule has 2 nitrogen and oxygen atoms in total. The molecule has 5 heteroatoms. The Morgan fingerprint density at radius 1 is 1.44 bits per heavy atom. The van der Waals surface area contributed by atoms with Gasteiger partial charge in [-0.25, -0.2) is 4.98 Å². The molecule has 0 saturated carbocycles. The highest BCUT2D eigenvalue weighted by atomic mass is 79.9. The molecule has 0 fully saturated rings. The second kappa shape index (κ2) is 5.29. The average Bonchev–Trinajstić information content (AvgIpc) is 2.49. The second-order valence-corrected chi connectivity index (χ2v) is 12.0. The van der Waals surface area contributed by atoms with E-state index in [1.807, 2.05) is 5.38 Å². The van der Waals surface area contributed by atoms with E-state index in [4.69, 9.17) is 4.43 Å². The van der Waals surface area contributed by atoms with Crippen LogP contribution in [0, 0.1) is 0 Å². The zero-order valence-corrected chi connectivity index (χ0v) is 14.0. The van der Waals surface area contributed by atoms with Crippen LogP contribution in [0.15, 0.2) is 9.98 Å². The summed E-state index contributed by atoms with van der Waals surface area (Å²) < 4.78 is 7.03. The van der Waals surface area contributed by atoms with Crippen molar-refractivity contribution in [1.29, 1.82) is 0 Å². The van der Waals surface area contributed by atoms with Gasteiger partial charge < -0.3 is 4.43 Å². The summed E-state index contributed by atoms with van der Waals surface area (Å²) in [6, 6.07) is 0. The number of hydrogen-bond acceptors (Lipinski definition) is 3. The quantitative estimate of drug-likeness (QED) is 0.763. The Hall–Kier alpha value is 0.287. The number of hydrogen-bond donors (Lipinski definition) is 0. The normalized spacial score (nSPS) is 13.1. The molecule has 92 valence electrons. The predicted molar refractivity (Wildman–Crippen MR) is 76.7 cm³/mol. The first kappa shape index (κ1) is 14.3. The summed E-state index contributed by atoms with van der Waals surface area (Å²) in [5.41, 5.74) is 0. The highest BCUT2D eigenvalue weighted by Gasteiger charge is 2.36. The Kier molecular flexibility index (Phi) is 4.74. The van der Waals surface area contributed by atoms with E-state index in [0.717, 1.165) is 22.6 Å². The molecule has 0 aromatic carbocycles. The lowest BCUT2D eigenvalue weighted by Gasteiger charge is -2.36. The minimum Gasteiger partial charge on any atom is -0.416 e. The monoisotopic (exact) mass is 321 g/mol. The van der Waals surface area contributed by atoms with Crippen molar-refractivity contribution in [3.63, 3.8) is 0 Å². The summed E-state index contributed by atoms with van der Waals surface area (Å²) >= 11 is 5.05. The van der Waals surface area contributed by atoms with E-state index >= 15 is 0 Å². The van der Waals surface area contributed by atoms with Crippen LogP contribution in [-0.2, 0) is 10.8 Å². The topological polar surface area (TPSA) is 22.1 Å². The Bertz CT molecular complexity index is 346. The third-order valence-corrected chi connectivity index (χ3v) is 9.26. The Morgan fingerprint density at radius 3 is 2.50 bits per heavy atom. The van der Waals surface area contributed by atoms with Gasteiger partial charge in [0.25, 0.3) is 0 Å². The summed E-state index contributed by atoms with van der Waals surface area (Å²) in [6.07, 6.45) is 0.919. The molecule has 0 aliphatic heterocycles. The molecular weight excluding hydrogens is 302 g/mol. The SMILES string of the molecule is CC(C)(C)[Si](C)(C)OCCc1nc(Br)cs1. The van der Waals surface area contributed by atoms with Crippen molar-refractivity contribution in [2.45, 2.75) is 45.3 Å². The van der Waals surface area contributed by atoms with Gasteiger partial charge in [0.15, 0.2) is 8.32 Å². The molecule has 1 rings (SSSR count). The maximum atomic E-state index is 6.10. The van der Waals surface area contributed by atoms with Crippen LogP contribution in [0.3, 0.4) is 0 Å². The summed E-state index contributed by atoms with van der Waals surface area (Å²) in [6.45, 7) is 12.1. The smallest absolute Gasteiger partial charge is 0.191 e. The number of rotatable bonds is 4. The molecule has 0 amide bonds. The molecule has 0 bridgehead atoms. The van der Waals surface area contributed by atoms with Crippen LogP contribution in [0.1, 0.15) is 25.8 Å². The maximum absolute atomic E-state index is 6.10. The molecule has 1 aromatic heterocycles. The largest absolute Gasteiger partial charge is 0.416 e. The van der Waals surface area contributed by atoms with Crippen molar-refractivity contribution in [2.24, 2.45) is 0 Å². The molecule has 1 heterocycles. The Balaban J connectivity index is 2.41. The van der Waals surface area contributed by atoms with E-state index in [9.17, 15) is 0 Å². The Morgan fingerprint density at radius 2 is 2.06 bits per heavy atom. The zero-order valence-electron chi connectivity index (χ0n) is 10.6. The van der Waals surface area contributed by atoms with Gasteiger partial charge in [0.05, 0.1) is 5.01 Å². The molecule has 0 aliphatic carbocycles. The molecule has 0 spiro atoms. The zero-order chi connectivity index (χ0) is 12.4. The standard InChI is InChI=1S/C11H20BrNOSSi/c1-11(2,3)16(4,5)14-7-6-10-13-9(12)8-15-10/h8H,6-7H2,1-5H3. The molecule has 0 unspecified atom stereocenters. The average molecular weight is 322 g/mol. The van der Waals surface area contributed by atoms with Gasteiger partial charge in [0, 0.05) is 18.4 Å². The summed E-state index contributed by atoms with van der Waals surface area (Å²) in [7, 11) is -1.59. The second-order valence-electron chi connectivity index (χ2n) is 5.42. The number of thiazole rings is 1. The van der Waals surface area contributed by atoms with Gasteiger partial charge in [-0.15, -0.1) is 11.3 Å². The van der Waals surface area contributed by atoms with Gasteiger partial charge in [0.1, 0.15) is 4.60 Å². The molecule has 0 atom stereocenters. The van der Waals surface area contributed by atoms with Crippen LogP contribution < -0.4 is 0 Å². The van der Waals surface area contributed by atoms with Crippen molar-refractivity contribution >= 4 is 35.6 Å². The first-order valence-electron chi connectivity index (χ1n) is 5.46. The van der Waals surface area contributed by atoms with E-state index in [2.05, 4.69) is 54.8 Å². The van der Waals surface area contributed by atoms with Gasteiger partial charge >= 0.3 is 0 Å². The first-order chi connectivity index (χ1) is 7.22. The minimum absolute atomic E-state index is 0.288. The highest BCUT2D eigenvalue weighted by Crippen LogP contribution is 2.36. The lowest BCUT2D eigenvalue weighted by atomic mass is 10.2. The summed E-state index contributed by atoms with van der Waals surface area (Å²) in [5.74, 6) is 0. The van der Waals surface area contributed by atoms with Crippen LogP contribution >= 0.6 is 27.3 Å². The van der Waals surface area contributed by atoms with Crippen molar-refractivity contribution in [2.75, 3.05) is 6.61 Å². The molecule has 0 aliphatic rings. The van der Waals surface area contributed by atoms with Crippen molar-refractivity contribution < 1.29 is 4.43 Å². The number of aromatic nitrogens is 1. The van der Waals surface area contributed by atoms with Gasteiger partial charge in [-0.3, -0.25) is 0 Å². The van der Waals surface area contributed by atoms with Crippen LogP contribution in [0.5, 0.6) is 0 Å². The predicted octanol–water partition coefficient (Wildman–Crippen LogP) is 4.47. The molecule has 0 radical (unpaired) electrons. The fourth-order valence-electron chi connectivity index (χ4n) is 1.01. The van der Waals surface area contributed by atoms with Gasteiger partial charge in [-0.2, -0.15) is 0 Å². The molecule has 1 aromatic rings. The fourth-order valence-corrected chi connectivity index (χ4v) is 3.31. The van der Waals surface area contributed by atoms with Crippen LogP contribution in [0.4, 0.5) is 0 Å². The highest BCUT2D eigenvalue weighted by molar-refractivity contribution is 9.10. The molecule has 16 heavy (non-hydrogen) atoms. The Labute approximate surface area is 112 Å². The van der Waals surface area contributed by atoms with Crippen molar-refractivity contribution in [3.05, 3.63) is 15.0 Å². The van der Waals surface area contributed by atoms with Crippen LogP contribution in [0.2, 0.25) is 18.1 Å². The summed E-state index contributed by atoms with van der Waals surface area (Å²) in [5, 5.41) is 3.45.